The molecule has 0 aliphatic heterocycles. The largest absolute Gasteiger partial charge is 0.444 e. The number of aryl methyl sites for hydroxylation is 1. The Morgan fingerprint density at radius 2 is 1.59 bits per heavy atom. The molecule has 216 valence electrons. The predicted octanol–water partition coefficient (Wildman–Crippen LogP) is 9.36. The number of hydrogen-bond acceptors (Lipinski definition) is 4. The Balaban J connectivity index is 1.44. The van der Waals surface area contributed by atoms with Gasteiger partial charge in [0.15, 0.2) is 5.78 Å². The summed E-state index contributed by atoms with van der Waals surface area (Å²) in [4.78, 5) is 38.5. The zero-order valence-corrected chi connectivity index (χ0v) is 27.2. The first kappa shape index (κ1) is 31.6. The van der Waals surface area contributed by atoms with Gasteiger partial charge in [-0.2, -0.15) is 0 Å². The molecule has 2 unspecified atom stereocenters. The zero-order chi connectivity index (χ0) is 30.3. The van der Waals surface area contributed by atoms with Gasteiger partial charge in [-0.15, -0.1) is 23.2 Å². The number of amides is 2. The van der Waals surface area contributed by atoms with Gasteiger partial charge in [-0.25, -0.2) is 4.79 Å². The lowest BCUT2D eigenvalue weighted by Crippen LogP contribution is -2.27. The van der Waals surface area contributed by atoms with Crippen molar-refractivity contribution in [3.63, 3.8) is 0 Å². The second-order valence-corrected chi connectivity index (χ2v) is 14.0. The number of benzene rings is 3. The first-order chi connectivity index (χ1) is 19.1. The van der Waals surface area contributed by atoms with Gasteiger partial charge in [-0.05, 0) is 103 Å². The first-order valence-corrected chi connectivity index (χ1v) is 14.9. The molecule has 1 saturated carbocycles. The number of Topliss-reactive ketones (excluding diaryl/α,β-unsaturated/α-hetero) is 1. The monoisotopic (exact) mass is 698 g/mol. The number of ketones is 1. The molecule has 1 aliphatic carbocycles. The molecule has 0 heterocycles. The maximum absolute atomic E-state index is 13.2. The molecule has 1 aliphatic rings. The van der Waals surface area contributed by atoms with Crippen LogP contribution in [-0.4, -0.2) is 27.7 Å². The number of halogens is 5. The highest BCUT2D eigenvalue weighted by Crippen LogP contribution is 2.65. The molecule has 2 atom stereocenters. The summed E-state index contributed by atoms with van der Waals surface area (Å²) in [5, 5.41) is 6.25. The standard InChI is InChI=1S/C30H27BrCl4N2O4/c1-15-11-18(37-28(40)41-29(2,3)4)7-5-16(15)13-24(38)20-14-19(8-10-22(20)32)36-27(39)26-25(30(26,34)35)17-6-9-21(31)23(33)12-17/h5-12,14,25-26H,13H2,1-4H3,(H,36,39)(H,37,40). The summed E-state index contributed by atoms with van der Waals surface area (Å²) in [7, 11) is 0. The average Bonchev–Trinajstić information content (AvgIpc) is 3.44. The maximum Gasteiger partial charge on any atom is 0.412 e. The van der Waals surface area contributed by atoms with E-state index in [0.29, 0.717) is 16.4 Å². The lowest BCUT2D eigenvalue weighted by molar-refractivity contribution is -0.117. The van der Waals surface area contributed by atoms with E-state index in [9.17, 15) is 14.4 Å². The Kier molecular flexibility index (Phi) is 9.37. The first-order valence-electron chi connectivity index (χ1n) is 12.6. The molecule has 2 N–H and O–H groups in total. The fourth-order valence-electron chi connectivity index (χ4n) is 4.47. The van der Waals surface area contributed by atoms with Crippen molar-refractivity contribution < 1.29 is 19.1 Å². The molecule has 11 heteroatoms. The quantitative estimate of drug-likeness (QED) is 0.190. The zero-order valence-electron chi connectivity index (χ0n) is 22.6. The van der Waals surface area contributed by atoms with Crippen LogP contribution in [0.1, 0.15) is 53.7 Å². The predicted molar refractivity (Wildman–Crippen MR) is 169 cm³/mol. The molecule has 3 aromatic carbocycles. The molecule has 6 nitrogen and oxygen atoms in total. The number of ether oxygens (including phenoxy) is 1. The van der Waals surface area contributed by atoms with Crippen molar-refractivity contribution in [3.05, 3.63) is 91.4 Å². The molecule has 0 bridgehead atoms. The van der Waals surface area contributed by atoms with E-state index >= 15 is 0 Å². The second-order valence-electron chi connectivity index (χ2n) is 10.9. The highest BCUT2D eigenvalue weighted by Gasteiger charge is 2.67. The van der Waals surface area contributed by atoms with Crippen molar-refractivity contribution in [2.24, 2.45) is 5.92 Å². The van der Waals surface area contributed by atoms with E-state index in [1.54, 1.807) is 63.2 Å². The van der Waals surface area contributed by atoms with Crippen LogP contribution in [0.25, 0.3) is 0 Å². The van der Waals surface area contributed by atoms with Crippen LogP contribution in [0.4, 0.5) is 16.2 Å². The fraction of sp³-hybridized carbons (Fsp3) is 0.300. The van der Waals surface area contributed by atoms with Crippen molar-refractivity contribution in [1.82, 2.24) is 0 Å². The molecule has 0 aromatic heterocycles. The van der Waals surface area contributed by atoms with E-state index in [1.807, 2.05) is 13.0 Å². The third kappa shape index (κ3) is 7.57. The number of rotatable bonds is 7. The summed E-state index contributed by atoms with van der Waals surface area (Å²) in [6, 6.07) is 15.2. The van der Waals surface area contributed by atoms with Crippen molar-refractivity contribution in [3.8, 4) is 0 Å². The van der Waals surface area contributed by atoms with Gasteiger partial charge in [-0.3, -0.25) is 14.9 Å². The summed E-state index contributed by atoms with van der Waals surface area (Å²) in [5.41, 5.74) is 2.89. The van der Waals surface area contributed by atoms with Gasteiger partial charge in [-0.1, -0.05) is 35.3 Å². The smallest absolute Gasteiger partial charge is 0.412 e. The highest BCUT2D eigenvalue weighted by molar-refractivity contribution is 9.10. The van der Waals surface area contributed by atoms with E-state index in [1.165, 1.54) is 6.07 Å². The third-order valence-electron chi connectivity index (χ3n) is 6.51. The Labute approximate surface area is 267 Å². The SMILES string of the molecule is Cc1cc(NC(=O)OC(C)(C)C)ccc1CC(=O)c1cc(NC(=O)C2C(c3ccc(Br)c(Cl)c3)C2(Cl)Cl)ccc1Cl. The summed E-state index contributed by atoms with van der Waals surface area (Å²) in [6.07, 6.45) is -0.498. The minimum atomic E-state index is -1.30. The topological polar surface area (TPSA) is 84.5 Å². The van der Waals surface area contributed by atoms with Crippen molar-refractivity contribution in [2.45, 2.75) is 50.0 Å². The molecule has 4 rings (SSSR count). The minimum absolute atomic E-state index is 0.0666. The van der Waals surface area contributed by atoms with Gasteiger partial charge in [0.05, 0.1) is 16.0 Å². The Morgan fingerprint density at radius 3 is 2.22 bits per heavy atom. The molecule has 0 radical (unpaired) electrons. The van der Waals surface area contributed by atoms with Crippen LogP contribution in [0.2, 0.25) is 10.0 Å². The van der Waals surface area contributed by atoms with Crippen molar-refractivity contribution in [2.75, 3.05) is 10.6 Å². The van der Waals surface area contributed by atoms with Gasteiger partial charge in [0, 0.05) is 33.7 Å². The molecular formula is C30H27BrCl4N2O4. The van der Waals surface area contributed by atoms with Crippen LogP contribution in [0, 0.1) is 12.8 Å². The number of alkyl halides is 2. The Hall–Kier alpha value is -2.29. The van der Waals surface area contributed by atoms with Gasteiger partial charge < -0.3 is 10.1 Å². The van der Waals surface area contributed by atoms with E-state index in [2.05, 4.69) is 26.6 Å². The summed E-state index contributed by atoms with van der Waals surface area (Å²) in [5.74, 6) is -1.78. The van der Waals surface area contributed by atoms with Gasteiger partial charge in [0.1, 0.15) is 9.93 Å². The number of hydrogen-bond donors (Lipinski definition) is 2. The minimum Gasteiger partial charge on any atom is -0.444 e. The van der Waals surface area contributed by atoms with E-state index in [-0.39, 0.29) is 28.7 Å². The number of carbonyl (C=O) groups excluding carboxylic acids is 3. The molecule has 0 spiro atoms. The van der Waals surface area contributed by atoms with Crippen molar-refractivity contribution in [1.29, 1.82) is 0 Å². The lowest BCUT2D eigenvalue weighted by atomic mass is 9.98. The lowest BCUT2D eigenvalue weighted by Gasteiger charge is -2.20. The van der Waals surface area contributed by atoms with Crippen LogP contribution in [0.15, 0.2) is 59.1 Å². The van der Waals surface area contributed by atoms with Crippen LogP contribution in [0.3, 0.4) is 0 Å². The second kappa shape index (κ2) is 12.1. The van der Waals surface area contributed by atoms with E-state index < -0.39 is 27.9 Å². The molecule has 2 amide bonds. The molecule has 1 fully saturated rings. The van der Waals surface area contributed by atoms with Crippen molar-refractivity contribution >= 4 is 91.5 Å². The van der Waals surface area contributed by atoms with Crippen LogP contribution >= 0.6 is 62.3 Å². The van der Waals surface area contributed by atoms with Crippen LogP contribution < -0.4 is 10.6 Å². The Morgan fingerprint density at radius 1 is 0.927 bits per heavy atom. The van der Waals surface area contributed by atoms with Gasteiger partial charge in [0.25, 0.3) is 0 Å². The maximum atomic E-state index is 13.2. The third-order valence-corrected chi connectivity index (χ3v) is 9.01. The van der Waals surface area contributed by atoms with Crippen LogP contribution in [-0.2, 0) is 16.0 Å². The number of carbonyl (C=O) groups is 3. The van der Waals surface area contributed by atoms with E-state index in [4.69, 9.17) is 51.1 Å². The normalized spacial score (nSPS) is 17.5. The molecule has 3 aromatic rings. The van der Waals surface area contributed by atoms with Crippen LogP contribution in [0.5, 0.6) is 0 Å². The molecular weight excluding hydrogens is 674 g/mol. The summed E-state index contributed by atoms with van der Waals surface area (Å²) in [6.45, 7) is 7.19. The molecule has 0 saturated heterocycles. The summed E-state index contributed by atoms with van der Waals surface area (Å²) >= 11 is 28.9. The van der Waals surface area contributed by atoms with Gasteiger partial charge >= 0.3 is 6.09 Å². The number of anilines is 2. The summed E-state index contributed by atoms with van der Waals surface area (Å²) < 4.78 is 4.71. The molecule has 41 heavy (non-hydrogen) atoms. The average molecular weight is 701 g/mol. The fourth-order valence-corrected chi connectivity index (χ4v) is 5.96. The van der Waals surface area contributed by atoms with Gasteiger partial charge in [0.2, 0.25) is 5.91 Å². The number of nitrogens with one attached hydrogen (secondary N) is 2. The highest BCUT2D eigenvalue weighted by atomic mass is 79.9. The van der Waals surface area contributed by atoms with E-state index in [0.717, 1.165) is 21.2 Å². The Bertz CT molecular complexity index is 1540.